The number of rotatable bonds is 4. The van der Waals surface area contributed by atoms with Crippen molar-refractivity contribution in [2.24, 2.45) is 0 Å². The fourth-order valence-electron chi connectivity index (χ4n) is 4.27. The summed E-state index contributed by atoms with van der Waals surface area (Å²) in [5.74, 6) is 0.722. The molecule has 11 heteroatoms. The van der Waals surface area contributed by atoms with Gasteiger partial charge in [-0.15, -0.1) is 0 Å². The smallest absolute Gasteiger partial charge is 0.243 e. The summed E-state index contributed by atoms with van der Waals surface area (Å²) in [6.07, 6.45) is 4.79. The normalized spacial score (nSPS) is 20.1. The first kappa shape index (κ1) is 22.0. The molecule has 9 nitrogen and oxygen atoms in total. The zero-order valence-corrected chi connectivity index (χ0v) is 19.4. The predicted octanol–water partition coefficient (Wildman–Crippen LogP) is 1.53. The predicted molar refractivity (Wildman–Crippen MR) is 119 cm³/mol. The molecule has 0 spiro atoms. The fourth-order valence-corrected chi connectivity index (χ4v) is 7.73. The zero-order chi connectivity index (χ0) is 22.2. The van der Waals surface area contributed by atoms with Crippen LogP contribution in [0.15, 0.2) is 35.5 Å². The largest absolute Gasteiger partial charge is 0.338 e. The molecule has 0 atom stereocenters. The van der Waals surface area contributed by atoms with Crippen molar-refractivity contribution in [1.82, 2.24) is 14.3 Å². The standard InChI is InChI=1S/C20H27N5O4S2/c1-16-14-18(25-8-3-4-13-30(25,26)27)15-17(2)19(16)31(28,29)24-11-9-23(10-12-24)20-21-6-5-7-22-20/h5-7,14-15H,3-4,8-13H2,1-2H3. The molecule has 0 radical (unpaired) electrons. The number of aromatic nitrogens is 2. The summed E-state index contributed by atoms with van der Waals surface area (Å²) in [6, 6.07) is 5.10. The molecule has 2 aliphatic heterocycles. The summed E-state index contributed by atoms with van der Waals surface area (Å²) in [7, 11) is -7.06. The maximum atomic E-state index is 13.4. The van der Waals surface area contributed by atoms with E-state index in [0.717, 1.165) is 6.42 Å². The first-order chi connectivity index (χ1) is 14.7. The van der Waals surface area contributed by atoms with Crippen molar-refractivity contribution < 1.29 is 16.8 Å². The van der Waals surface area contributed by atoms with E-state index < -0.39 is 20.0 Å². The molecule has 0 aliphatic carbocycles. The van der Waals surface area contributed by atoms with Crippen LogP contribution in [0.4, 0.5) is 11.6 Å². The van der Waals surface area contributed by atoms with Crippen molar-refractivity contribution in [2.45, 2.75) is 31.6 Å². The molecule has 168 valence electrons. The van der Waals surface area contributed by atoms with Crippen molar-refractivity contribution in [1.29, 1.82) is 0 Å². The van der Waals surface area contributed by atoms with Crippen LogP contribution in [0.2, 0.25) is 0 Å². The lowest BCUT2D eigenvalue weighted by Gasteiger charge is -2.34. The highest BCUT2D eigenvalue weighted by atomic mass is 32.2. The van der Waals surface area contributed by atoms with Crippen molar-refractivity contribution in [3.63, 3.8) is 0 Å². The minimum atomic E-state index is -3.71. The number of hydrogen-bond acceptors (Lipinski definition) is 7. The highest BCUT2D eigenvalue weighted by molar-refractivity contribution is 7.92. The second-order valence-electron chi connectivity index (χ2n) is 7.94. The Morgan fingerprint density at radius 3 is 2.10 bits per heavy atom. The highest BCUT2D eigenvalue weighted by Gasteiger charge is 2.33. The molecule has 0 bridgehead atoms. The van der Waals surface area contributed by atoms with E-state index in [-0.39, 0.29) is 10.6 Å². The van der Waals surface area contributed by atoms with Crippen molar-refractivity contribution in [2.75, 3.05) is 47.7 Å². The van der Waals surface area contributed by atoms with E-state index >= 15 is 0 Å². The van der Waals surface area contributed by atoms with Gasteiger partial charge in [-0.3, -0.25) is 4.31 Å². The first-order valence-electron chi connectivity index (χ1n) is 10.3. The van der Waals surface area contributed by atoms with Gasteiger partial charge < -0.3 is 4.90 Å². The minimum absolute atomic E-state index is 0.126. The third-order valence-electron chi connectivity index (χ3n) is 5.75. The Morgan fingerprint density at radius 1 is 0.903 bits per heavy atom. The number of sulfonamides is 2. The van der Waals surface area contributed by atoms with Gasteiger partial charge in [-0.25, -0.2) is 26.8 Å². The Bertz CT molecular complexity index is 1140. The molecule has 2 aliphatic rings. The number of anilines is 2. The van der Waals surface area contributed by atoms with E-state index in [1.54, 1.807) is 44.4 Å². The fraction of sp³-hybridized carbons (Fsp3) is 0.500. The van der Waals surface area contributed by atoms with Gasteiger partial charge in [-0.05, 0) is 56.0 Å². The zero-order valence-electron chi connectivity index (χ0n) is 17.7. The van der Waals surface area contributed by atoms with E-state index in [2.05, 4.69) is 9.97 Å². The maximum absolute atomic E-state index is 13.4. The molecule has 3 heterocycles. The monoisotopic (exact) mass is 465 g/mol. The van der Waals surface area contributed by atoms with Crippen molar-refractivity contribution in [3.05, 3.63) is 41.7 Å². The molecular weight excluding hydrogens is 438 g/mol. The summed E-state index contributed by atoms with van der Waals surface area (Å²) < 4.78 is 54.7. The van der Waals surface area contributed by atoms with Gasteiger partial charge in [0.15, 0.2) is 0 Å². The van der Waals surface area contributed by atoms with Crippen LogP contribution in [0.1, 0.15) is 24.0 Å². The summed E-state index contributed by atoms with van der Waals surface area (Å²) in [5, 5.41) is 0. The number of aryl methyl sites for hydroxylation is 2. The topological polar surface area (TPSA) is 104 Å². The number of nitrogens with zero attached hydrogens (tertiary/aromatic N) is 5. The van der Waals surface area contributed by atoms with Crippen LogP contribution in [-0.4, -0.2) is 69.6 Å². The Morgan fingerprint density at radius 2 is 1.52 bits per heavy atom. The molecule has 2 fully saturated rings. The second-order valence-corrected chi connectivity index (χ2v) is 11.8. The van der Waals surface area contributed by atoms with E-state index in [9.17, 15) is 16.8 Å². The summed E-state index contributed by atoms with van der Waals surface area (Å²) in [5.41, 5.74) is 1.66. The Labute approximate surface area is 183 Å². The molecule has 4 rings (SSSR count). The van der Waals surface area contributed by atoms with Gasteiger partial charge in [0.25, 0.3) is 0 Å². The van der Waals surface area contributed by atoms with Crippen LogP contribution in [0.25, 0.3) is 0 Å². The lowest BCUT2D eigenvalue weighted by atomic mass is 10.1. The van der Waals surface area contributed by atoms with Gasteiger partial charge in [0, 0.05) is 45.1 Å². The summed E-state index contributed by atoms with van der Waals surface area (Å²) in [4.78, 5) is 10.7. The van der Waals surface area contributed by atoms with Gasteiger partial charge in [0.2, 0.25) is 26.0 Å². The van der Waals surface area contributed by atoms with Crippen LogP contribution in [0, 0.1) is 13.8 Å². The minimum Gasteiger partial charge on any atom is -0.338 e. The van der Waals surface area contributed by atoms with Gasteiger partial charge in [0.1, 0.15) is 0 Å². The lowest BCUT2D eigenvalue weighted by molar-refractivity contribution is 0.382. The molecule has 2 aromatic rings. The average Bonchev–Trinajstić information content (AvgIpc) is 2.73. The molecular formula is C20H27N5O4S2. The van der Waals surface area contributed by atoms with Crippen molar-refractivity contribution in [3.8, 4) is 0 Å². The molecule has 0 saturated carbocycles. The van der Waals surface area contributed by atoms with Crippen LogP contribution in [0.5, 0.6) is 0 Å². The Kier molecular flexibility index (Phi) is 5.93. The van der Waals surface area contributed by atoms with Crippen LogP contribution >= 0.6 is 0 Å². The lowest BCUT2D eigenvalue weighted by Crippen LogP contribution is -2.49. The molecule has 1 aromatic carbocycles. The van der Waals surface area contributed by atoms with Gasteiger partial charge in [-0.2, -0.15) is 4.31 Å². The number of hydrogen-bond donors (Lipinski definition) is 0. The van der Waals surface area contributed by atoms with E-state index in [1.165, 1.54) is 8.61 Å². The third kappa shape index (κ3) is 4.26. The van der Waals surface area contributed by atoms with E-state index in [1.807, 2.05) is 4.90 Å². The van der Waals surface area contributed by atoms with E-state index in [4.69, 9.17) is 0 Å². The van der Waals surface area contributed by atoms with Gasteiger partial charge >= 0.3 is 0 Å². The molecule has 2 saturated heterocycles. The summed E-state index contributed by atoms with van der Waals surface area (Å²) >= 11 is 0. The van der Waals surface area contributed by atoms with Crippen LogP contribution < -0.4 is 9.21 Å². The second kappa shape index (κ2) is 8.36. The van der Waals surface area contributed by atoms with Crippen LogP contribution in [0.3, 0.4) is 0 Å². The van der Waals surface area contributed by atoms with Gasteiger partial charge in [0.05, 0.1) is 16.3 Å². The Hall–Kier alpha value is -2.24. The number of benzene rings is 1. The highest BCUT2D eigenvalue weighted by Crippen LogP contribution is 2.32. The SMILES string of the molecule is Cc1cc(N2CCCCS2(=O)=O)cc(C)c1S(=O)(=O)N1CCN(c2ncccn2)CC1. The molecule has 0 unspecified atom stereocenters. The molecule has 0 amide bonds. The van der Waals surface area contributed by atoms with Crippen LogP contribution in [-0.2, 0) is 20.0 Å². The quantitative estimate of drug-likeness (QED) is 0.674. The average molecular weight is 466 g/mol. The number of piperazine rings is 1. The summed E-state index contributed by atoms with van der Waals surface area (Å²) in [6.45, 7) is 5.57. The van der Waals surface area contributed by atoms with Gasteiger partial charge in [-0.1, -0.05) is 0 Å². The maximum Gasteiger partial charge on any atom is 0.243 e. The molecule has 0 N–H and O–H groups in total. The third-order valence-corrected chi connectivity index (χ3v) is 9.83. The molecule has 31 heavy (non-hydrogen) atoms. The van der Waals surface area contributed by atoms with Crippen molar-refractivity contribution >= 4 is 31.7 Å². The molecule has 1 aromatic heterocycles. The Balaban J connectivity index is 1.57. The van der Waals surface area contributed by atoms with E-state index in [0.29, 0.717) is 61.9 Å². The first-order valence-corrected chi connectivity index (χ1v) is 13.4.